The zero-order valence-corrected chi connectivity index (χ0v) is 18.7. The van der Waals surface area contributed by atoms with Crippen LogP contribution in [0.4, 0.5) is 0 Å². The smallest absolute Gasteiger partial charge is 0.326 e. The standard InChI is InChI=1S/C22H31NO8/c1-6-18(24)29-14(4)12-22(23,21(27)28-5)13-15-9-10-16(30-19(25)7-2)17(11-15)31-20(26)8-3/h9-11,14H,6-8,12-13,23H2,1-5H3/t14-,22?/m0/s1. The summed E-state index contributed by atoms with van der Waals surface area (Å²) in [6.45, 7) is 6.57. The summed E-state index contributed by atoms with van der Waals surface area (Å²) in [6.07, 6.45) is -0.141. The Morgan fingerprint density at radius 2 is 1.48 bits per heavy atom. The quantitative estimate of drug-likeness (QED) is 0.409. The molecule has 1 aromatic rings. The Bertz CT molecular complexity index is 807. The van der Waals surface area contributed by atoms with E-state index in [-0.39, 0.29) is 43.6 Å². The van der Waals surface area contributed by atoms with Gasteiger partial charge in [-0.2, -0.15) is 0 Å². The van der Waals surface area contributed by atoms with Gasteiger partial charge < -0.3 is 24.7 Å². The molecule has 2 N–H and O–H groups in total. The molecule has 0 aliphatic carbocycles. The predicted octanol–water partition coefficient (Wildman–Crippen LogP) is 2.46. The molecule has 1 aromatic carbocycles. The van der Waals surface area contributed by atoms with Crippen LogP contribution in [0.25, 0.3) is 0 Å². The van der Waals surface area contributed by atoms with Crippen LogP contribution in [0, 0.1) is 0 Å². The lowest BCUT2D eigenvalue weighted by atomic mass is 9.86. The Morgan fingerprint density at radius 1 is 0.935 bits per heavy atom. The first kappa shape index (κ1) is 26.1. The zero-order valence-electron chi connectivity index (χ0n) is 18.7. The molecule has 0 saturated carbocycles. The van der Waals surface area contributed by atoms with Crippen molar-refractivity contribution < 1.29 is 38.1 Å². The van der Waals surface area contributed by atoms with Gasteiger partial charge in [0, 0.05) is 32.1 Å². The lowest BCUT2D eigenvalue weighted by molar-refractivity contribution is -0.154. The Hall–Kier alpha value is -2.94. The molecule has 0 fully saturated rings. The molecule has 0 amide bonds. The zero-order chi connectivity index (χ0) is 23.6. The van der Waals surface area contributed by atoms with Gasteiger partial charge in [-0.15, -0.1) is 0 Å². The first-order chi connectivity index (χ1) is 14.6. The molecular weight excluding hydrogens is 406 g/mol. The van der Waals surface area contributed by atoms with Gasteiger partial charge in [0.1, 0.15) is 11.6 Å². The second-order valence-electron chi connectivity index (χ2n) is 7.12. The van der Waals surface area contributed by atoms with Crippen LogP contribution in [-0.2, 0) is 35.1 Å². The van der Waals surface area contributed by atoms with E-state index in [1.807, 2.05) is 0 Å². The topological polar surface area (TPSA) is 131 Å². The van der Waals surface area contributed by atoms with Crippen LogP contribution < -0.4 is 15.2 Å². The molecule has 0 aromatic heterocycles. The molecule has 0 bridgehead atoms. The van der Waals surface area contributed by atoms with Crippen molar-refractivity contribution in [3.8, 4) is 11.5 Å². The second kappa shape index (κ2) is 12.0. The normalized spacial score (nSPS) is 13.5. The van der Waals surface area contributed by atoms with Crippen LogP contribution >= 0.6 is 0 Å². The van der Waals surface area contributed by atoms with E-state index in [4.69, 9.17) is 24.7 Å². The molecule has 9 heteroatoms. The number of ether oxygens (including phenoxy) is 4. The minimum Gasteiger partial charge on any atom is -0.468 e. The first-order valence-corrected chi connectivity index (χ1v) is 10.2. The highest BCUT2D eigenvalue weighted by Crippen LogP contribution is 2.31. The molecule has 0 spiro atoms. The maximum Gasteiger partial charge on any atom is 0.326 e. The van der Waals surface area contributed by atoms with Gasteiger partial charge in [0.25, 0.3) is 0 Å². The minimum atomic E-state index is -1.50. The predicted molar refractivity (Wildman–Crippen MR) is 111 cm³/mol. The number of methoxy groups -OCH3 is 1. The van der Waals surface area contributed by atoms with Crippen molar-refractivity contribution in [2.24, 2.45) is 5.73 Å². The highest BCUT2D eigenvalue weighted by molar-refractivity contribution is 5.81. The van der Waals surface area contributed by atoms with E-state index in [1.165, 1.54) is 19.2 Å². The molecule has 9 nitrogen and oxygen atoms in total. The third-order valence-electron chi connectivity index (χ3n) is 4.42. The molecule has 1 unspecified atom stereocenters. The lowest BCUT2D eigenvalue weighted by Crippen LogP contribution is -2.53. The average molecular weight is 437 g/mol. The third-order valence-corrected chi connectivity index (χ3v) is 4.42. The molecule has 0 radical (unpaired) electrons. The number of benzene rings is 1. The van der Waals surface area contributed by atoms with E-state index in [0.29, 0.717) is 5.56 Å². The average Bonchev–Trinajstić information content (AvgIpc) is 2.74. The highest BCUT2D eigenvalue weighted by atomic mass is 16.6. The van der Waals surface area contributed by atoms with Crippen molar-refractivity contribution in [2.75, 3.05) is 7.11 Å². The fraction of sp³-hybridized carbons (Fsp3) is 0.545. The van der Waals surface area contributed by atoms with Crippen molar-refractivity contribution in [3.63, 3.8) is 0 Å². The van der Waals surface area contributed by atoms with Gasteiger partial charge in [0.05, 0.1) is 7.11 Å². The summed E-state index contributed by atoms with van der Waals surface area (Å²) in [7, 11) is 1.22. The Kier molecular flexibility index (Phi) is 10.1. The van der Waals surface area contributed by atoms with Crippen molar-refractivity contribution in [3.05, 3.63) is 23.8 Å². The van der Waals surface area contributed by atoms with E-state index in [0.717, 1.165) is 0 Å². The third kappa shape index (κ3) is 8.01. The minimum absolute atomic E-state index is 0.00632. The largest absolute Gasteiger partial charge is 0.468 e. The highest BCUT2D eigenvalue weighted by Gasteiger charge is 2.38. The summed E-state index contributed by atoms with van der Waals surface area (Å²) < 4.78 is 20.6. The van der Waals surface area contributed by atoms with Gasteiger partial charge in [0.2, 0.25) is 0 Å². The van der Waals surface area contributed by atoms with Crippen molar-refractivity contribution >= 4 is 23.9 Å². The molecule has 2 atom stereocenters. The Morgan fingerprint density at radius 3 is 2.00 bits per heavy atom. The van der Waals surface area contributed by atoms with Crippen molar-refractivity contribution in [1.82, 2.24) is 0 Å². The van der Waals surface area contributed by atoms with E-state index < -0.39 is 35.5 Å². The van der Waals surface area contributed by atoms with Crippen LogP contribution in [-0.4, -0.2) is 42.6 Å². The van der Waals surface area contributed by atoms with E-state index in [2.05, 4.69) is 0 Å². The van der Waals surface area contributed by atoms with Crippen molar-refractivity contribution in [2.45, 2.75) is 71.4 Å². The number of hydrogen-bond donors (Lipinski definition) is 1. The van der Waals surface area contributed by atoms with Gasteiger partial charge in [0.15, 0.2) is 11.5 Å². The lowest BCUT2D eigenvalue weighted by Gasteiger charge is -2.29. The van der Waals surface area contributed by atoms with Crippen LogP contribution in [0.2, 0.25) is 0 Å². The molecule has 0 heterocycles. The first-order valence-electron chi connectivity index (χ1n) is 10.2. The Balaban J connectivity index is 3.21. The number of esters is 4. The summed E-state index contributed by atoms with van der Waals surface area (Å²) in [5.41, 5.74) is 5.40. The van der Waals surface area contributed by atoms with Gasteiger partial charge >= 0.3 is 23.9 Å². The summed E-state index contributed by atoms with van der Waals surface area (Å²) in [4.78, 5) is 47.5. The number of nitrogens with two attached hydrogens (primary N) is 1. The summed E-state index contributed by atoms with van der Waals surface area (Å²) in [5.74, 6) is -1.96. The van der Waals surface area contributed by atoms with E-state index in [9.17, 15) is 19.2 Å². The molecular formula is C22H31NO8. The molecule has 1 rings (SSSR count). The van der Waals surface area contributed by atoms with Gasteiger partial charge in [-0.1, -0.05) is 26.8 Å². The number of hydrogen-bond acceptors (Lipinski definition) is 9. The van der Waals surface area contributed by atoms with Crippen LogP contribution in [0.15, 0.2) is 18.2 Å². The Labute approximate surface area is 182 Å². The van der Waals surface area contributed by atoms with Crippen LogP contribution in [0.1, 0.15) is 58.9 Å². The van der Waals surface area contributed by atoms with Crippen molar-refractivity contribution in [1.29, 1.82) is 0 Å². The maximum atomic E-state index is 12.4. The number of carbonyl (C=O) groups excluding carboxylic acids is 4. The molecule has 172 valence electrons. The molecule has 0 aliphatic rings. The molecule has 31 heavy (non-hydrogen) atoms. The van der Waals surface area contributed by atoms with Crippen LogP contribution in [0.5, 0.6) is 11.5 Å². The fourth-order valence-electron chi connectivity index (χ4n) is 2.87. The van der Waals surface area contributed by atoms with Crippen LogP contribution in [0.3, 0.4) is 0 Å². The second-order valence-corrected chi connectivity index (χ2v) is 7.12. The SMILES string of the molecule is CCC(=O)Oc1ccc(CC(N)(C[C@H](C)OC(=O)CC)C(=O)OC)cc1OC(=O)CC. The summed E-state index contributed by atoms with van der Waals surface area (Å²) in [6, 6.07) is 4.56. The van der Waals surface area contributed by atoms with E-state index >= 15 is 0 Å². The van der Waals surface area contributed by atoms with Gasteiger partial charge in [-0.25, -0.2) is 0 Å². The summed E-state index contributed by atoms with van der Waals surface area (Å²) >= 11 is 0. The maximum absolute atomic E-state index is 12.4. The molecule has 0 aliphatic heterocycles. The fourth-order valence-corrected chi connectivity index (χ4v) is 2.87. The number of carbonyl (C=O) groups is 4. The number of rotatable bonds is 11. The monoisotopic (exact) mass is 437 g/mol. The summed E-state index contributed by atoms with van der Waals surface area (Å²) in [5, 5.41) is 0. The molecule has 0 saturated heterocycles. The van der Waals surface area contributed by atoms with E-state index in [1.54, 1.807) is 33.8 Å². The van der Waals surface area contributed by atoms with Gasteiger partial charge in [-0.3, -0.25) is 19.2 Å². The van der Waals surface area contributed by atoms with Gasteiger partial charge in [-0.05, 0) is 24.6 Å².